The number of ether oxygens (including phenoxy) is 1. The van der Waals surface area contributed by atoms with Crippen LogP contribution in [0.15, 0.2) is 17.2 Å². The van der Waals surface area contributed by atoms with Crippen molar-refractivity contribution in [2.75, 3.05) is 25.1 Å². The third-order valence-corrected chi connectivity index (χ3v) is 1.45. The summed E-state index contributed by atoms with van der Waals surface area (Å²) in [7, 11) is 0. The molecule has 0 fully saturated rings. The molecule has 0 spiro atoms. The van der Waals surface area contributed by atoms with Crippen molar-refractivity contribution in [1.29, 1.82) is 0 Å². The van der Waals surface area contributed by atoms with Gasteiger partial charge < -0.3 is 15.0 Å². The van der Waals surface area contributed by atoms with Gasteiger partial charge >= 0.3 is 0 Å². The van der Waals surface area contributed by atoms with Crippen LogP contribution >= 0.6 is 0 Å². The Labute approximate surface area is 76.2 Å². The first-order chi connectivity index (χ1) is 6.34. The van der Waals surface area contributed by atoms with Crippen LogP contribution in [0.3, 0.4) is 0 Å². The minimum atomic E-state index is -0.209. The van der Waals surface area contributed by atoms with E-state index in [4.69, 9.17) is 4.74 Å². The van der Waals surface area contributed by atoms with Crippen LogP contribution in [-0.4, -0.2) is 29.7 Å². The van der Waals surface area contributed by atoms with Gasteiger partial charge in [-0.1, -0.05) is 0 Å². The molecule has 0 saturated heterocycles. The number of anilines is 1. The highest BCUT2D eigenvalue weighted by atomic mass is 16.5. The van der Waals surface area contributed by atoms with E-state index < -0.39 is 0 Å². The first-order valence-corrected chi connectivity index (χ1v) is 4.20. The maximum atomic E-state index is 11.1. The van der Waals surface area contributed by atoms with Crippen molar-refractivity contribution in [2.24, 2.45) is 0 Å². The fourth-order valence-corrected chi connectivity index (χ4v) is 0.864. The van der Waals surface area contributed by atoms with Crippen molar-refractivity contribution >= 4 is 5.82 Å². The zero-order valence-corrected chi connectivity index (χ0v) is 7.54. The predicted octanol–water partition coefficient (Wildman–Crippen LogP) is 0.218. The highest BCUT2D eigenvalue weighted by Gasteiger charge is 1.96. The van der Waals surface area contributed by atoms with Crippen LogP contribution in [0.5, 0.6) is 0 Å². The Morgan fingerprint density at radius 2 is 2.54 bits per heavy atom. The SMILES string of the molecule is CCOCCNc1ncc[nH]c1=O. The number of H-pyrrole nitrogens is 1. The highest BCUT2D eigenvalue weighted by molar-refractivity contribution is 5.29. The number of hydrogen-bond donors (Lipinski definition) is 2. The van der Waals surface area contributed by atoms with Gasteiger partial charge in [0.15, 0.2) is 5.82 Å². The summed E-state index contributed by atoms with van der Waals surface area (Å²) in [5.41, 5.74) is -0.209. The summed E-state index contributed by atoms with van der Waals surface area (Å²) in [6.45, 7) is 3.77. The van der Waals surface area contributed by atoms with Crippen molar-refractivity contribution in [3.63, 3.8) is 0 Å². The topological polar surface area (TPSA) is 67.0 Å². The standard InChI is InChI=1S/C8H13N3O2/c1-2-13-6-5-10-7-8(12)11-4-3-9-7/h3-4H,2,5-6H2,1H3,(H,9,10)(H,11,12). The summed E-state index contributed by atoms with van der Waals surface area (Å²) >= 11 is 0. The fraction of sp³-hybridized carbons (Fsp3) is 0.500. The Hall–Kier alpha value is -1.36. The van der Waals surface area contributed by atoms with Gasteiger partial charge in [0.2, 0.25) is 0 Å². The second-order valence-corrected chi connectivity index (χ2v) is 2.39. The van der Waals surface area contributed by atoms with Gasteiger partial charge in [0.1, 0.15) is 0 Å². The van der Waals surface area contributed by atoms with Crippen LogP contribution in [0.2, 0.25) is 0 Å². The van der Waals surface area contributed by atoms with Gasteiger partial charge in [-0.25, -0.2) is 4.98 Å². The molecule has 0 unspecified atom stereocenters. The fourth-order valence-electron chi connectivity index (χ4n) is 0.864. The van der Waals surface area contributed by atoms with Gasteiger partial charge in [0, 0.05) is 25.5 Å². The normalized spacial score (nSPS) is 9.92. The third kappa shape index (κ3) is 3.25. The Kier molecular flexibility index (Phi) is 3.98. The Balaban J connectivity index is 2.37. The van der Waals surface area contributed by atoms with Crippen LogP contribution in [0.4, 0.5) is 5.82 Å². The second kappa shape index (κ2) is 5.31. The van der Waals surface area contributed by atoms with E-state index in [1.54, 1.807) is 0 Å². The molecule has 0 aliphatic carbocycles. The molecule has 72 valence electrons. The largest absolute Gasteiger partial charge is 0.380 e. The monoisotopic (exact) mass is 183 g/mol. The predicted molar refractivity (Wildman–Crippen MR) is 49.8 cm³/mol. The lowest BCUT2D eigenvalue weighted by Crippen LogP contribution is -2.18. The third-order valence-electron chi connectivity index (χ3n) is 1.45. The lowest BCUT2D eigenvalue weighted by Gasteiger charge is -2.03. The number of aromatic amines is 1. The summed E-state index contributed by atoms with van der Waals surface area (Å²) < 4.78 is 5.09. The number of nitrogens with one attached hydrogen (secondary N) is 2. The molecule has 0 bridgehead atoms. The van der Waals surface area contributed by atoms with E-state index in [0.29, 0.717) is 25.6 Å². The maximum Gasteiger partial charge on any atom is 0.290 e. The zero-order valence-electron chi connectivity index (χ0n) is 7.54. The number of aromatic nitrogens is 2. The summed E-state index contributed by atoms with van der Waals surface area (Å²) in [5, 5.41) is 2.87. The Morgan fingerprint density at radius 1 is 1.69 bits per heavy atom. The first-order valence-electron chi connectivity index (χ1n) is 4.20. The van der Waals surface area contributed by atoms with E-state index in [0.717, 1.165) is 0 Å². The van der Waals surface area contributed by atoms with Gasteiger partial charge in [0.05, 0.1) is 6.61 Å². The van der Waals surface area contributed by atoms with E-state index in [-0.39, 0.29) is 5.56 Å². The molecule has 0 aromatic carbocycles. The Morgan fingerprint density at radius 3 is 3.23 bits per heavy atom. The molecule has 1 aromatic rings. The molecule has 0 aliphatic rings. The van der Waals surface area contributed by atoms with E-state index in [1.165, 1.54) is 12.4 Å². The van der Waals surface area contributed by atoms with Crippen LogP contribution < -0.4 is 10.9 Å². The molecule has 1 heterocycles. The van der Waals surface area contributed by atoms with Crippen molar-refractivity contribution < 1.29 is 4.74 Å². The molecule has 13 heavy (non-hydrogen) atoms. The molecule has 1 rings (SSSR count). The molecular formula is C8H13N3O2. The van der Waals surface area contributed by atoms with E-state index >= 15 is 0 Å². The van der Waals surface area contributed by atoms with Gasteiger partial charge in [-0.05, 0) is 6.92 Å². The number of nitrogens with zero attached hydrogens (tertiary/aromatic N) is 1. The average Bonchev–Trinajstić information content (AvgIpc) is 2.15. The summed E-state index contributed by atoms with van der Waals surface area (Å²) in [6, 6.07) is 0. The molecular weight excluding hydrogens is 170 g/mol. The van der Waals surface area contributed by atoms with Crippen LogP contribution in [-0.2, 0) is 4.74 Å². The van der Waals surface area contributed by atoms with Crippen molar-refractivity contribution in [3.05, 3.63) is 22.7 Å². The number of rotatable bonds is 5. The lowest BCUT2D eigenvalue weighted by molar-refractivity contribution is 0.158. The molecule has 0 saturated carbocycles. The minimum absolute atomic E-state index is 0.209. The van der Waals surface area contributed by atoms with Crippen LogP contribution in [0.25, 0.3) is 0 Å². The van der Waals surface area contributed by atoms with Gasteiger partial charge in [-0.15, -0.1) is 0 Å². The molecule has 0 radical (unpaired) electrons. The lowest BCUT2D eigenvalue weighted by atomic mass is 10.6. The molecule has 0 atom stereocenters. The Bertz CT molecular complexity index is 297. The quantitative estimate of drug-likeness (QED) is 0.641. The average molecular weight is 183 g/mol. The van der Waals surface area contributed by atoms with E-state index in [2.05, 4.69) is 15.3 Å². The number of hydrogen-bond acceptors (Lipinski definition) is 4. The second-order valence-electron chi connectivity index (χ2n) is 2.39. The molecule has 5 heteroatoms. The summed E-state index contributed by atoms with van der Waals surface area (Å²) in [5.74, 6) is 0.335. The van der Waals surface area contributed by atoms with Crippen LogP contribution in [0.1, 0.15) is 6.92 Å². The van der Waals surface area contributed by atoms with E-state index in [1.807, 2.05) is 6.92 Å². The van der Waals surface area contributed by atoms with Crippen LogP contribution in [0, 0.1) is 0 Å². The zero-order chi connectivity index (χ0) is 9.52. The molecule has 0 amide bonds. The smallest absolute Gasteiger partial charge is 0.290 e. The van der Waals surface area contributed by atoms with E-state index in [9.17, 15) is 4.79 Å². The molecule has 0 aliphatic heterocycles. The summed E-state index contributed by atoms with van der Waals surface area (Å²) in [4.78, 5) is 17.4. The van der Waals surface area contributed by atoms with Gasteiger partial charge in [-0.3, -0.25) is 4.79 Å². The highest BCUT2D eigenvalue weighted by Crippen LogP contribution is 1.88. The molecule has 1 aromatic heterocycles. The first kappa shape index (κ1) is 9.73. The van der Waals surface area contributed by atoms with Gasteiger partial charge in [-0.2, -0.15) is 0 Å². The van der Waals surface area contributed by atoms with Crippen molar-refractivity contribution in [3.8, 4) is 0 Å². The molecule has 5 nitrogen and oxygen atoms in total. The van der Waals surface area contributed by atoms with Crippen molar-refractivity contribution in [2.45, 2.75) is 6.92 Å². The van der Waals surface area contributed by atoms with Crippen molar-refractivity contribution in [1.82, 2.24) is 9.97 Å². The minimum Gasteiger partial charge on any atom is -0.380 e. The molecule has 2 N–H and O–H groups in total. The summed E-state index contributed by atoms with van der Waals surface area (Å²) in [6.07, 6.45) is 3.03. The maximum absolute atomic E-state index is 11.1. The van der Waals surface area contributed by atoms with Gasteiger partial charge in [0.25, 0.3) is 5.56 Å².